The molecule has 0 radical (unpaired) electrons. The molecule has 2 rings (SSSR count). The number of nitrogens with one attached hydrogen (secondary N) is 1. The van der Waals surface area contributed by atoms with Crippen molar-refractivity contribution < 1.29 is 29.0 Å². The number of hydrogen-bond acceptors (Lipinski definition) is 6. The van der Waals surface area contributed by atoms with Crippen LogP contribution in [0.3, 0.4) is 0 Å². The van der Waals surface area contributed by atoms with Gasteiger partial charge < -0.3 is 19.4 Å². The summed E-state index contributed by atoms with van der Waals surface area (Å²) in [5, 5.41) is 21.0. The second kappa shape index (κ2) is 12.3. The molecule has 0 fully saturated rings. The Bertz CT molecular complexity index is 1100. The van der Waals surface area contributed by atoms with E-state index in [1.807, 2.05) is 25.1 Å². The molecule has 3 N–H and O–H groups in total. The standard InChI is InChI=1S/C25H29NO7/c1-4-12-32-19-10-7-9-18(14-19)13-17(3)23(28)22-20(27)15-21(33-24(22)29)16(2)8-5-6-11-26-25(30)31/h6-7,9-11,13-16,26-27H,4-5,8,12H2,1-3H3,(H,30,31). The summed E-state index contributed by atoms with van der Waals surface area (Å²) in [6.07, 6.45) is 5.35. The average Bonchev–Trinajstić information content (AvgIpc) is 2.76. The van der Waals surface area contributed by atoms with Gasteiger partial charge in [0.05, 0.1) is 6.61 Å². The lowest BCUT2D eigenvalue weighted by atomic mass is 9.99. The van der Waals surface area contributed by atoms with Gasteiger partial charge in [-0.05, 0) is 55.5 Å². The normalized spacial score (nSPS) is 12.5. The maximum atomic E-state index is 12.8. The van der Waals surface area contributed by atoms with Gasteiger partial charge in [0.25, 0.3) is 0 Å². The number of carbonyl (C=O) groups is 2. The van der Waals surface area contributed by atoms with Gasteiger partial charge in [0, 0.05) is 18.2 Å². The van der Waals surface area contributed by atoms with Crippen LogP contribution in [-0.2, 0) is 0 Å². The number of rotatable bonds is 11. The van der Waals surface area contributed by atoms with E-state index in [0.29, 0.717) is 25.2 Å². The molecule has 1 heterocycles. The first-order valence-corrected chi connectivity index (χ1v) is 10.7. The highest BCUT2D eigenvalue weighted by Crippen LogP contribution is 2.26. The summed E-state index contributed by atoms with van der Waals surface area (Å²) in [6.45, 7) is 5.96. The van der Waals surface area contributed by atoms with Crippen LogP contribution in [0.25, 0.3) is 6.08 Å². The van der Waals surface area contributed by atoms with Crippen molar-refractivity contribution in [3.8, 4) is 11.5 Å². The molecule has 1 atom stereocenters. The molecule has 1 unspecified atom stereocenters. The molecule has 0 saturated carbocycles. The van der Waals surface area contributed by atoms with E-state index in [1.54, 1.807) is 32.1 Å². The lowest BCUT2D eigenvalue weighted by Gasteiger charge is -2.11. The molecular formula is C25H29NO7. The Morgan fingerprint density at radius 1 is 1.27 bits per heavy atom. The van der Waals surface area contributed by atoms with Gasteiger partial charge >= 0.3 is 11.7 Å². The molecule has 1 aromatic carbocycles. The fraction of sp³-hybridized carbons (Fsp3) is 0.320. The number of allylic oxidation sites excluding steroid dienone is 2. The van der Waals surface area contributed by atoms with Crippen LogP contribution in [-0.4, -0.2) is 28.7 Å². The van der Waals surface area contributed by atoms with E-state index in [0.717, 1.165) is 12.0 Å². The first-order valence-electron chi connectivity index (χ1n) is 10.7. The van der Waals surface area contributed by atoms with Crippen molar-refractivity contribution in [1.82, 2.24) is 5.32 Å². The van der Waals surface area contributed by atoms with Gasteiger partial charge in [-0.1, -0.05) is 32.1 Å². The molecule has 0 spiro atoms. The SMILES string of the molecule is CCCOc1cccc(C=C(C)C(=O)c2c(O)cc(C(C)CCC=CNC(=O)O)oc2=O)c1. The number of ketones is 1. The van der Waals surface area contributed by atoms with Crippen molar-refractivity contribution in [1.29, 1.82) is 0 Å². The van der Waals surface area contributed by atoms with Crippen LogP contribution in [0.1, 0.15) is 67.6 Å². The number of carbonyl (C=O) groups excluding carboxylic acids is 1. The topological polar surface area (TPSA) is 126 Å². The zero-order valence-electron chi connectivity index (χ0n) is 19.0. The van der Waals surface area contributed by atoms with E-state index in [9.17, 15) is 19.5 Å². The fourth-order valence-corrected chi connectivity index (χ4v) is 3.08. The van der Waals surface area contributed by atoms with Crippen LogP contribution in [0.4, 0.5) is 4.79 Å². The number of amides is 1. The minimum absolute atomic E-state index is 0.232. The van der Waals surface area contributed by atoms with Crippen molar-refractivity contribution in [2.45, 2.75) is 46.0 Å². The second-order valence-electron chi connectivity index (χ2n) is 7.60. The summed E-state index contributed by atoms with van der Waals surface area (Å²) in [4.78, 5) is 35.8. The summed E-state index contributed by atoms with van der Waals surface area (Å²) < 4.78 is 10.9. The smallest absolute Gasteiger partial charge is 0.408 e. The van der Waals surface area contributed by atoms with Gasteiger partial charge in [-0.2, -0.15) is 0 Å². The molecule has 1 amide bonds. The second-order valence-corrected chi connectivity index (χ2v) is 7.60. The molecule has 1 aromatic heterocycles. The van der Waals surface area contributed by atoms with Crippen molar-refractivity contribution in [2.75, 3.05) is 6.61 Å². The maximum Gasteiger partial charge on any atom is 0.408 e. The number of aromatic hydroxyl groups is 1. The average molecular weight is 456 g/mol. The summed E-state index contributed by atoms with van der Waals surface area (Å²) in [7, 11) is 0. The first-order chi connectivity index (χ1) is 15.7. The van der Waals surface area contributed by atoms with Gasteiger partial charge in [0.1, 0.15) is 22.8 Å². The zero-order valence-corrected chi connectivity index (χ0v) is 19.0. The zero-order chi connectivity index (χ0) is 24.4. The van der Waals surface area contributed by atoms with Crippen LogP contribution < -0.4 is 15.7 Å². The molecule has 33 heavy (non-hydrogen) atoms. The van der Waals surface area contributed by atoms with Gasteiger partial charge in [0.2, 0.25) is 0 Å². The Morgan fingerprint density at radius 2 is 2.03 bits per heavy atom. The van der Waals surface area contributed by atoms with Crippen LogP contribution in [0.5, 0.6) is 11.5 Å². The molecule has 0 saturated heterocycles. The Kier molecular flexibility index (Phi) is 9.47. The van der Waals surface area contributed by atoms with Crippen molar-refractivity contribution in [3.63, 3.8) is 0 Å². The number of ether oxygens (including phenoxy) is 1. The predicted octanol–water partition coefficient (Wildman–Crippen LogP) is 5.09. The number of hydrogen-bond donors (Lipinski definition) is 3. The van der Waals surface area contributed by atoms with E-state index < -0.39 is 28.8 Å². The predicted molar refractivity (Wildman–Crippen MR) is 125 cm³/mol. The molecule has 8 heteroatoms. The third-order valence-corrected chi connectivity index (χ3v) is 4.83. The van der Waals surface area contributed by atoms with Crippen LogP contribution in [0.15, 0.2) is 57.4 Å². The summed E-state index contributed by atoms with van der Waals surface area (Å²) in [5.41, 5.74) is -0.322. The van der Waals surface area contributed by atoms with Crippen molar-refractivity contribution >= 4 is 18.0 Å². The van der Waals surface area contributed by atoms with E-state index in [2.05, 4.69) is 5.32 Å². The first kappa shape index (κ1) is 25.5. The van der Waals surface area contributed by atoms with E-state index in [-0.39, 0.29) is 17.3 Å². The largest absolute Gasteiger partial charge is 0.507 e. The quantitative estimate of drug-likeness (QED) is 0.318. The lowest BCUT2D eigenvalue weighted by molar-refractivity contribution is 0.102. The Morgan fingerprint density at radius 3 is 2.70 bits per heavy atom. The highest BCUT2D eigenvalue weighted by atomic mass is 16.5. The van der Waals surface area contributed by atoms with E-state index in [1.165, 1.54) is 12.3 Å². The summed E-state index contributed by atoms with van der Waals surface area (Å²) >= 11 is 0. The van der Waals surface area contributed by atoms with Crippen molar-refractivity contribution in [2.24, 2.45) is 0 Å². The van der Waals surface area contributed by atoms with Crippen LogP contribution in [0, 0.1) is 0 Å². The minimum atomic E-state index is -1.16. The fourth-order valence-electron chi connectivity index (χ4n) is 3.08. The molecule has 2 aromatic rings. The van der Waals surface area contributed by atoms with Crippen LogP contribution in [0.2, 0.25) is 0 Å². The maximum absolute atomic E-state index is 12.8. The highest BCUT2D eigenvalue weighted by Gasteiger charge is 2.22. The molecule has 8 nitrogen and oxygen atoms in total. The van der Waals surface area contributed by atoms with Gasteiger partial charge in [-0.15, -0.1) is 0 Å². The molecule has 176 valence electrons. The van der Waals surface area contributed by atoms with Gasteiger partial charge in [0.15, 0.2) is 5.78 Å². The summed E-state index contributed by atoms with van der Waals surface area (Å²) in [5.74, 6) is -0.363. The molecule has 0 bridgehead atoms. The van der Waals surface area contributed by atoms with Crippen molar-refractivity contribution in [3.05, 3.63) is 75.5 Å². The van der Waals surface area contributed by atoms with E-state index >= 15 is 0 Å². The van der Waals surface area contributed by atoms with Crippen LogP contribution >= 0.6 is 0 Å². The Balaban J connectivity index is 2.16. The number of Topliss-reactive ketones (excluding diaryl/α,β-unsaturated/α-hetero) is 1. The minimum Gasteiger partial charge on any atom is -0.507 e. The number of benzene rings is 1. The summed E-state index contributed by atoms with van der Waals surface area (Å²) in [6, 6.07) is 8.51. The van der Waals surface area contributed by atoms with Gasteiger partial charge in [-0.25, -0.2) is 9.59 Å². The lowest BCUT2D eigenvalue weighted by Crippen LogP contribution is -2.16. The molecule has 0 aliphatic carbocycles. The highest BCUT2D eigenvalue weighted by molar-refractivity contribution is 6.12. The van der Waals surface area contributed by atoms with Gasteiger partial charge in [-0.3, -0.25) is 10.1 Å². The molecular weight excluding hydrogens is 426 g/mol. The number of carboxylic acid groups (broad SMARTS) is 1. The Labute approximate surface area is 192 Å². The third-order valence-electron chi connectivity index (χ3n) is 4.83. The monoisotopic (exact) mass is 455 g/mol. The molecule has 0 aliphatic heterocycles. The third kappa shape index (κ3) is 7.68. The van der Waals surface area contributed by atoms with E-state index in [4.69, 9.17) is 14.3 Å². The Hall–Kier alpha value is -3.81. The molecule has 0 aliphatic rings.